The molecule has 20 heavy (non-hydrogen) atoms. The van der Waals surface area contributed by atoms with Gasteiger partial charge < -0.3 is 9.47 Å². The predicted octanol–water partition coefficient (Wildman–Crippen LogP) is 0.800. The lowest BCUT2D eigenvalue weighted by molar-refractivity contribution is -0.187. The zero-order valence-electron chi connectivity index (χ0n) is 11.5. The summed E-state index contributed by atoms with van der Waals surface area (Å²) in [5, 5.41) is 0. The first-order chi connectivity index (χ1) is 9.27. The van der Waals surface area contributed by atoms with Crippen molar-refractivity contribution >= 4 is 17.8 Å². The molecule has 1 fully saturated rings. The van der Waals surface area contributed by atoms with Crippen LogP contribution in [-0.4, -0.2) is 49.1 Å². The molecule has 0 bridgehead atoms. The Morgan fingerprint density at radius 2 is 1.75 bits per heavy atom. The maximum absolute atomic E-state index is 14.0. The molecule has 1 rings (SSSR count). The van der Waals surface area contributed by atoms with E-state index in [9.17, 15) is 23.2 Å². The Morgan fingerprint density at radius 1 is 1.30 bits per heavy atom. The SMILES string of the molecule is CCOC(=O)C(C(=O)OCC)C1CC(=O)N(C)C1(F)F. The number of hydrogen-bond donors (Lipinski definition) is 0. The summed E-state index contributed by atoms with van der Waals surface area (Å²) in [5.74, 6) is -6.62. The number of carbonyl (C=O) groups excluding carboxylic acids is 3. The summed E-state index contributed by atoms with van der Waals surface area (Å²) < 4.78 is 37.3. The summed E-state index contributed by atoms with van der Waals surface area (Å²) in [5.41, 5.74) is 0. The average Bonchev–Trinajstić information content (AvgIpc) is 2.55. The van der Waals surface area contributed by atoms with Gasteiger partial charge in [-0.3, -0.25) is 19.3 Å². The quantitative estimate of drug-likeness (QED) is 0.426. The first-order valence-corrected chi connectivity index (χ1v) is 6.25. The highest BCUT2D eigenvalue weighted by Crippen LogP contribution is 2.42. The number of alkyl halides is 2. The summed E-state index contributed by atoms with van der Waals surface area (Å²) in [6, 6.07) is -3.60. The van der Waals surface area contributed by atoms with Gasteiger partial charge in [0.2, 0.25) is 5.91 Å². The third kappa shape index (κ3) is 2.88. The molecule has 0 aliphatic carbocycles. The molecule has 0 aromatic rings. The second-order valence-corrected chi connectivity index (χ2v) is 4.33. The Labute approximate surface area is 115 Å². The summed E-state index contributed by atoms with van der Waals surface area (Å²) in [6.45, 7) is 2.86. The largest absolute Gasteiger partial charge is 0.465 e. The van der Waals surface area contributed by atoms with Crippen LogP contribution >= 0.6 is 0 Å². The van der Waals surface area contributed by atoms with Crippen molar-refractivity contribution < 1.29 is 32.6 Å². The van der Waals surface area contributed by atoms with Gasteiger partial charge in [-0.15, -0.1) is 0 Å². The lowest BCUT2D eigenvalue weighted by Crippen LogP contribution is -2.45. The number of nitrogens with zero attached hydrogens (tertiary/aromatic N) is 1. The zero-order chi connectivity index (χ0) is 15.5. The smallest absolute Gasteiger partial charge is 0.332 e. The first-order valence-electron chi connectivity index (χ1n) is 6.25. The zero-order valence-corrected chi connectivity index (χ0v) is 11.5. The summed E-state index contributed by atoms with van der Waals surface area (Å²) >= 11 is 0. The van der Waals surface area contributed by atoms with Crippen molar-refractivity contribution in [1.82, 2.24) is 4.90 Å². The maximum Gasteiger partial charge on any atom is 0.332 e. The van der Waals surface area contributed by atoms with Crippen molar-refractivity contribution in [3.8, 4) is 0 Å². The van der Waals surface area contributed by atoms with Crippen LogP contribution in [0.25, 0.3) is 0 Å². The summed E-state index contributed by atoms with van der Waals surface area (Å²) in [4.78, 5) is 35.2. The fraction of sp³-hybridized carbons (Fsp3) is 0.750. The highest BCUT2D eigenvalue weighted by molar-refractivity contribution is 5.96. The van der Waals surface area contributed by atoms with Crippen molar-refractivity contribution in [1.29, 1.82) is 0 Å². The molecule has 1 aliphatic rings. The lowest BCUT2D eigenvalue weighted by atomic mass is 9.89. The Balaban J connectivity index is 3.08. The maximum atomic E-state index is 14.0. The fourth-order valence-electron chi connectivity index (χ4n) is 2.07. The van der Waals surface area contributed by atoms with E-state index in [4.69, 9.17) is 0 Å². The topological polar surface area (TPSA) is 72.9 Å². The van der Waals surface area contributed by atoms with Crippen LogP contribution in [0.4, 0.5) is 8.78 Å². The molecular formula is C12H17F2NO5. The van der Waals surface area contributed by atoms with Crippen LogP contribution in [0, 0.1) is 11.8 Å². The third-order valence-electron chi connectivity index (χ3n) is 3.15. The van der Waals surface area contributed by atoms with Gasteiger partial charge in [-0.05, 0) is 13.8 Å². The van der Waals surface area contributed by atoms with Crippen LogP contribution in [0.15, 0.2) is 0 Å². The first kappa shape index (κ1) is 16.3. The average molecular weight is 293 g/mol. The van der Waals surface area contributed by atoms with E-state index < -0.39 is 42.1 Å². The normalized spacial score (nSPS) is 21.2. The molecular weight excluding hydrogens is 276 g/mol. The second-order valence-electron chi connectivity index (χ2n) is 4.33. The summed E-state index contributed by atoms with van der Waals surface area (Å²) in [7, 11) is 0.926. The second kappa shape index (κ2) is 6.15. The van der Waals surface area contributed by atoms with Gasteiger partial charge >= 0.3 is 18.0 Å². The Kier molecular flexibility index (Phi) is 5.02. The molecule has 0 saturated carbocycles. The Bertz CT molecular complexity index is 395. The highest BCUT2D eigenvalue weighted by atomic mass is 19.3. The number of ether oxygens (including phenoxy) is 2. The van der Waals surface area contributed by atoms with E-state index in [1.54, 1.807) is 0 Å². The molecule has 0 aromatic heterocycles. The van der Waals surface area contributed by atoms with E-state index in [2.05, 4.69) is 9.47 Å². The van der Waals surface area contributed by atoms with Gasteiger partial charge in [-0.2, -0.15) is 8.78 Å². The van der Waals surface area contributed by atoms with Gasteiger partial charge in [0.05, 0.1) is 19.1 Å². The van der Waals surface area contributed by atoms with Crippen LogP contribution in [0.5, 0.6) is 0 Å². The Hall–Kier alpha value is -1.73. The van der Waals surface area contributed by atoms with Gasteiger partial charge in [0.15, 0.2) is 5.92 Å². The van der Waals surface area contributed by atoms with Crippen molar-refractivity contribution in [2.75, 3.05) is 20.3 Å². The highest BCUT2D eigenvalue weighted by Gasteiger charge is 2.60. The van der Waals surface area contributed by atoms with Crippen molar-refractivity contribution in [2.24, 2.45) is 11.8 Å². The van der Waals surface area contributed by atoms with Crippen LogP contribution in [0.1, 0.15) is 20.3 Å². The third-order valence-corrected chi connectivity index (χ3v) is 3.15. The molecule has 0 spiro atoms. The standard InChI is InChI=1S/C12H17F2NO5/c1-4-19-10(17)9(11(18)20-5-2)7-6-8(16)15(3)12(7,13)14/h7,9H,4-6H2,1-3H3. The number of carbonyl (C=O) groups is 3. The molecule has 1 atom stereocenters. The number of hydrogen-bond acceptors (Lipinski definition) is 5. The van der Waals surface area contributed by atoms with Crippen LogP contribution in [0.3, 0.4) is 0 Å². The molecule has 1 heterocycles. The Morgan fingerprint density at radius 3 is 2.05 bits per heavy atom. The van der Waals surface area contributed by atoms with Crippen LogP contribution < -0.4 is 0 Å². The molecule has 1 amide bonds. The number of amides is 1. The number of rotatable bonds is 5. The minimum absolute atomic E-state index is 0.0587. The molecule has 6 nitrogen and oxygen atoms in total. The number of halogens is 2. The van der Waals surface area contributed by atoms with Gasteiger partial charge in [0, 0.05) is 13.5 Å². The molecule has 114 valence electrons. The molecule has 0 N–H and O–H groups in total. The van der Waals surface area contributed by atoms with Gasteiger partial charge in [0.25, 0.3) is 0 Å². The summed E-state index contributed by atoms with van der Waals surface area (Å²) in [6.07, 6.45) is -0.605. The van der Waals surface area contributed by atoms with Crippen LogP contribution in [-0.2, 0) is 23.9 Å². The molecule has 1 aliphatic heterocycles. The van der Waals surface area contributed by atoms with Crippen molar-refractivity contribution in [2.45, 2.75) is 26.3 Å². The van der Waals surface area contributed by atoms with Crippen molar-refractivity contribution in [3.05, 3.63) is 0 Å². The van der Waals surface area contributed by atoms with E-state index in [1.807, 2.05) is 0 Å². The van der Waals surface area contributed by atoms with E-state index in [0.717, 1.165) is 7.05 Å². The molecule has 1 saturated heterocycles. The molecule has 1 unspecified atom stereocenters. The lowest BCUT2D eigenvalue weighted by Gasteiger charge is -2.27. The van der Waals surface area contributed by atoms with E-state index >= 15 is 0 Å². The van der Waals surface area contributed by atoms with Crippen molar-refractivity contribution in [3.63, 3.8) is 0 Å². The number of likely N-dealkylation sites (tertiary alicyclic amines) is 1. The minimum atomic E-state index is -3.60. The molecule has 8 heteroatoms. The van der Waals surface area contributed by atoms with Gasteiger partial charge in [-0.1, -0.05) is 0 Å². The molecule has 0 aromatic carbocycles. The minimum Gasteiger partial charge on any atom is -0.465 e. The number of esters is 2. The van der Waals surface area contributed by atoms with Gasteiger partial charge in [-0.25, -0.2) is 0 Å². The van der Waals surface area contributed by atoms with E-state index in [0.29, 0.717) is 0 Å². The van der Waals surface area contributed by atoms with E-state index in [-0.39, 0.29) is 18.1 Å². The fourth-order valence-corrected chi connectivity index (χ4v) is 2.07. The van der Waals surface area contributed by atoms with Crippen LogP contribution in [0.2, 0.25) is 0 Å². The molecule has 0 radical (unpaired) electrons. The predicted molar refractivity (Wildman–Crippen MR) is 62.6 cm³/mol. The van der Waals surface area contributed by atoms with E-state index in [1.165, 1.54) is 13.8 Å². The van der Waals surface area contributed by atoms with Gasteiger partial charge in [0.1, 0.15) is 0 Å². The monoisotopic (exact) mass is 293 g/mol.